The molecule has 0 bridgehead atoms. The second-order valence-electron chi connectivity index (χ2n) is 8.77. The fourth-order valence-electron chi connectivity index (χ4n) is 6.05. The van der Waals surface area contributed by atoms with Crippen LogP contribution in [0, 0.1) is 5.92 Å². The first-order valence-corrected chi connectivity index (χ1v) is 11.1. The van der Waals surface area contributed by atoms with E-state index < -0.39 is 0 Å². The van der Waals surface area contributed by atoms with Crippen molar-refractivity contribution in [2.24, 2.45) is 10.9 Å². The van der Waals surface area contributed by atoms with Crippen molar-refractivity contribution in [3.63, 3.8) is 0 Å². The first-order valence-electron chi connectivity index (χ1n) is 11.1. The second-order valence-corrected chi connectivity index (χ2v) is 8.77. The van der Waals surface area contributed by atoms with Crippen LogP contribution in [0.15, 0.2) is 52.6 Å². The number of fused-ring (bicyclic) bond motifs is 7. The average Bonchev–Trinajstić information content (AvgIpc) is 3.03. The third kappa shape index (κ3) is 2.82. The summed E-state index contributed by atoms with van der Waals surface area (Å²) in [4.78, 5) is 8.23. The second kappa shape index (κ2) is 7.21. The van der Waals surface area contributed by atoms with E-state index in [1.165, 1.54) is 82.0 Å². The maximum atomic E-state index is 5.40. The van der Waals surface area contributed by atoms with E-state index in [1.54, 1.807) is 5.57 Å². The van der Waals surface area contributed by atoms with Gasteiger partial charge < -0.3 is 4.90 Å². The van der Waals surface area contributed by atoms with Gasteiger partial charge in [0.15, 0.2) is 0 Å². The number of hydrogen-bond acceptors (Lipinski definition) is 2. The Bertz CT molecular complexity index is 693. The van der Waals surface area contributed by atoms with Gasteiger partial charge in [-0.05, 0) is 31.3 Å². The molecule has 26 heavy (non-hydrogen) atoms. The van der Waals surface area contributed by atoms with Gasteiger partial charge in [0.2, 0.25) is 0 Å². The first kappa shape index (κ1) is 16.6. The lowest BCUT2D eigenvalue weighted by Gasteiger charge is -2.48. The summed E-state index contributed by atoms with van der Waals surface area (Å²) in [5.74, 6) is 2.05. The predicted molar refractivity (Wildman–Crippen MR) is 109 cm³/mol. The van der Waals surface area contributed by atoms with Crippen LogP contribution in [0.5, 0.6) is 0 Å². The van der Waals surface area contributed by atoms with Gasteiger partial charge in [-0.25, -0.2) is 0 Å². The molecule has 0 radical (unpaired) electrons. The van der Waals surface area contributed by atoms with Gasteiger partial charge in [-0.1, -0.05) is 81.4 Å². The summed E-state index contributed by atoms with van der Waals surface area (Å²) in [6.07, 6.45) is 28.7. The Morgan fingerprint density at radius 2 is 1.38 bits per heavy atom. The maximum Gasteiger partial charge on any atom is 0.132 e. The quantitative estimate of drug-likeness (QED) is 0.545. The molecule has 2 saturated carbocycles. The van der Waals surface area contributed by atoms with Crippen LogP contribution in [0.2, 0.25) is 0 Å². The highest BCUT2D eigenvalue weighted by Crippen LogP contribution is 2.45. The molecule has 2 heteroatoms. The van der Waals surface area contributed by atoms with Gasteiger partial charge in [0, 0.05) is 17.5 Å². The molecule has 0 aromatic heterocycles. The van der Waals surface area contributed by atoms with Crippen molar-refractivity contribution < 1.29 is 0 Å². The fraction of sp³-hybridized carbons (Fsp3) is 0.625. The number of hydrogen-bond donors (Lipinski definition) is 0. The van der Waals surface area contributed by atoms with Crippen molar-refractivity contribution in [2.75, 3.05) is 0 Å². The molecule has 2 aliphatic heterocycles. The summed E-state index contributed by atoms with van der Waals surface area (Å²) in [5.41, 5.74) is 3.00. The van der Waals surface area contributed by atoms with Crippen LogP contribution in [0.4, 0.5) is 0 Å². The molecular weight excluding hydrogens is 316 g/mol. The van der Waals surface area contributed by atoms with Crippen LogP contribution in [0.1, 0.15) is 70.6 Å². The molecule has 3 aliphatic carbocycles. The third-order valence-corrected chi connectivity index (χ3v) is 7.24. The van der Waals surface area contributed by atoms with E-state index in [4.69, 9.17) is 4.99 Å². The summed E-state index contributed by atoms with van der Waals surface area (Å²) >= 11 is 0. The van der Waals surface area contributed by atoms with Crippen molar-refractivity contribution in [3.05, 3.63) is 47.6 Å². The van der Waals surface area contributed by atoms with Gasteiger partial charge in [0.1, 0.15) is 5.84 Å². The molecule has 0 N–H and O–H groups in total. The molecule has 5 aliphatic rings. The summed E-state index contributed by atoms with van der Waals surface area (Å²) in [7, 11) is 0. The largest absolute Gasteiger partial charge is 0.348 e. The zero-order valence-electron chi connectivity index (χ0n) is 15.9. The fourth-order valence-corrected chi connectivity index (χ4v) is 6.05. The minimum atomic E-state index is 0.538. The van der Waals surface area contributed by atoms with E-state index in [2.05, 4.69) is 41.4 Å². The van der Waals surface area contributed by atoms with E-state index in [0.29, 0.717) is 24.0 Å². The number of allylic oxidation sites excluding steroid dienone is 5. The monoisotopic (exact) mass is 348 g/mol. The standard InChI is InChI=1S/C24H32N2/c1-2-8-15-21-23(17-9-3-1)26-22-16-11-10-13-19(22)18-12-6-4-5-7-14-20(18)24(26)25-21/h4-7,12,14,19,21-23H,1-3,8-11,13,15-17H2/b5-4-,6-4?,7-5?,12-6-,14-7-,18-12?,20-14?. The summed E-state index contributed by atoms with van der Waals surface area (Å²) in [5, 5.41) is 0. The van der Waals surface area contributed by atoms with Crippen molar-refractivity contribution in [3.8, 4) is 0 Å². The topological polar surface area (TPSA) is 15.6 Å². The highest BCUT2D eigenvalue weighted by molar-refractivity contribution is 6.04. The van der Waals surface area contributed by atoms with Crippen LogP contribution in [0.3, 0.4) is 0 Å². The number of nitrogens with zero attached hydrogens (tertiary/aromatic N) is 2. The highest BCUT2D eigenvalue weighted by atomic mass is 15.3. The van der Waals surface area contributed by atoms with Crippen molar-refractivity contribution in [2.45, 2.75) is 88.8 Å². The van der Waals surface area contributed by atoms with Crippen molar-refractivity contribution in [1.29, 1.82) is 0 Å². The maximum absolute atomic E-state index is 5.40. The molecule has 0 saturated heterocycles. The molecule has 4 atom stereocenters. The van der Waals surface area contributed by atoms with Crippen molar-refractivity contribution in [1.82, 2.24) is 4.90 Å². The van der Waals surface area contributed by atoms with Crippen LogP contribution in [-0.2, 0) is 0 Å². The Kier molecular flexibility index (Phi) is 4.60. The average molecular weight is 349 g/mol. The lowest BCUT2D eigenvalue weighted by atomic mass is 9.73. The summed E-state index contributed by atoms with van der Waals surface area (Å²) in [6, 6.07) is 1.90. The molecule has 4 unspecified atom stereocenters. The lowest BCUT2D eigenvalue weighted by molar-refractivity contribution is 0.138. The highest BCUT2D eigenvalue weighted by Gasteiger charge is 2.47. The molecule has 0 aromatic rings. The van der Waals surface area contributed by atoms with Crippen LogP contribution >= 0.6 is 0 Å². The smallest absolute Gasteiger partial charge is 0.132 e. The van der Waals surface area contributed by atoms with E-state index in [9.17, 15) is 0 Å². The van der Waals surface area contributed by atoms with Gasteiger partial charge in [-0.15, -0.1) is 0 Å². The van der Waals surface area contributed by atoms with Crippen LogP contribution in [-0.4, -0.2) is 28.9 Å². The minimum absolute atomic E-state index is 0.538. The van der Waals surface area contributed by atoms with E-state index in [1.807, 2.05) is 0 Å². The Morgan fingerprint density at radius 3 is 2.31 bits per heavy atom. The van der Waals surface area contributed by atoms with E-state index >= 15 is 0 Å². The van der Waals surface area contributed by atoms with Gasteiger partial charge in [0.05, 0.1) is 12.1 Å². The Morgan fingerprint density at radius 1 is 0.692 bits per heavy atom. The zero-order valence-corrected chi connectivity index (χ0v) is 15.9. The molecule has 5 rings (SSSR count). The van der Waals surface area contributed by atoms with Gasteiger partial charge in [-0.3, -0.25) is 4.99 Å². The SMILES string of the molecule is C1=C\C=C/C2=C(\C=C/1)C1=NC3CCCCCCCC3N1C1CCCCC21. The third-order valence-electron chi connectivity index (χ3n) is 7.24. The summed E-state index contributed by atoms with van der Waals surface area (Å²) < 4.78 is 0. The molecule has 0 spiro atoms. The zero-order chi connectivity index (χ0) is 17.3. The number of rotatable bonds is 0. The normalized spacial score (nSPS) is 40.3. The Labute approximate surface area is 158 Å². The van der Waals surface area contributed by atoms with Gasteiger partial charge in [-0.2, -0.15) is 0 Å². The van der Waals surface area contributed by atoms with E-state index in [-0.39, 0.29) is 0 Å². The van der Waals surface area contributed by atoms with Crippen LogP contribution < -0.4 is 0 Å². The number of aliphatic imine (C=N–C) groups is 1. The van der Waals surface area contributed by atoms with Crippen molar-refractivity contribution >= 4 is 5.84 Å². The first-order chi connectivity index (χ1) is 12.9. The molecule has 0 aromatic carbocycles. The van der Waals surface area contributed by atoms with Crippen LogP contribution in [0.25, 0.3) is 0 Å². The summed E-state index contributed by atoms with van der Waals surface area (Å²) in [6.45, 7) is 0. The van der Waals surface area contributed by atoms with E-state index in [0.717, 1.165) is 0 Å². The molecule has 2 heterocycles. The van der Waals surface area contributed by atoms with Gasteiger partial charge in [0.25, 0.3) is 0 Å². The lowest BCUT2D eigenvalue weighted by Crippen LogP contribution is -2.54. The molecule has 138 valence electrons. The number of amidine groups is 1. The predicted octanol–water partition coefficient (Wildman–Crippen LogP) is 5.73. The van der Waals surface area contributed by atoms with Gasteiger partial charge >= 0.3 is 0 Å². The Balaban J connectivity index is 1.59. The molecular formula is C24H32N2. The molecule has 2 fully saturated rings. The molecule has 0 amide bonds. The molecule has 2 nitrogen and oxygen atoms in total. The minimum Gasteiger partial charge on any atom is -0.348 e. The Hall–Kier alpha value is -1.57.